The summed E-state index contributed by atoms with van der Waals surface area (Å²) in [4.78, 5) is 0. The Kier molecular flexibility index (Phi) is 29.5. The van der Waals surface area contributed by atoms with Gasteiger partial charge in [-0.25, -0.2) is 9.13 Å². The largest absolute Gasteiger partial charge is 0.256 e. The summed E-state index contributed by atoms with van der Waals surface area (Å²) in [6, 6.07) is 0. The molecule has 0 aliphatic rings. The van der Waals surface area contributed by atoms with Crippen LogP contribution in [0.2, 0.25) is 0 Å². The molecule has 0 aromatic carbocycles. The predicted octanol–water partition coefficient (Wildman–Crippen LogP) is 13.5. The zero-order valence-corrected chi connectivity index (χ0v) is 29.6. The van der Waals surface area contributed by atoms with E-state index < -0.39 is 0 Å². The molecule has 1 rings (SSSR count). The summed E-state index contributed by atoms with van der Waals surface area (Å²) < 4.78 is 5.24. The molecule has 1 heterocycles. The van der Waals surface area contributed by atoms with Crippen LogP contribution in [0.3, 0.4) is 0 Å². The third-order valence-electron chi connectivity index (χ3n) is 9.60. The van der Waals surface area contributed by atoms with E-state index in [2.05, 4.69) is 42.3 Å². The van der Waals surface area contributed by atoms with E-state index in [0.717, 1.165) is 0 Å². The van der Waals surface area contributed by atoms with Crippen LogP contribution in [0.15, 0.2) is 12.4 Å². The van der Waals surface area contributed by atoms with Gasteiger partial charge in [-0.3, -0.25) is 0 Å². The molecule has 42 heavy (non-hydrogen) atoms. The van der Waals surface area contributed by atoms with Gasteiger partial charge in [-0.15, -0.1) is 0 Å². The lowest BCUT2D eigenvalue weighted by molar-refractivity contribution is -0.704. The lowest BCUT2D eigenvalue weighted by atomic mass is 10.0. The highest BCUT2D eigenvalue weighted by molar-refractivity contribution is 4.84. The van der Waals surface area contributed by atoms with Crippen molar-refractivity contribution in [1.29, 1.82) is 0 Å². The fourth-order valence-electron chi connectivity index (χ4n) is 6.68. The molecule has 0 unspecified atom stereocenters. The second-order valence-corrected chi connectivity index (χ2v) is 13.8. The highest BCUT2D eigenvalue weighted by Gasteiger charge is 2.16. The van der Waals surface area contributed by atoms with Crippen molar-refractivity contribution in [2.75, 3.05) is 0 Å². The van der Waals surface area contributed by atoms with E-state index in [4.69, 9.17) is 0 Å². The summed E-state index contributed by atoms with van der Waals surface area (Å²) in [6.45, 7) is 9.40. The van der Waals surface area contributed by atoms with Crippen LogP contribution in [0.25, 0.3) is 0 Å². The normalized spacial score (nSPS) is 11.6. The Labute approximate surface area is 266 Å². The zero-order chi connectivity index (χ0) is 30.2. The van der Waals surface area contributed by atoms with Gasteiger partial charge in [0.15, 0.2) is 0 Å². The maximum Gasteiger partial charge on any atom is 0.256 e. The Morgan fingerprint density at radius 2 is 0.738 bits per heavy atom. The Hall–Kier alpha value is -0.790. The highest BCUT2D eigenvalue weighted by atomic mass is 15.1. The number of unbranched alkanes of at least 4 members (excludes halogenated alkanes) is 28. The summed E-state index contributed by atoms with van der Waals surface area (Å²) in [5, 5.41) is 0. The molecule has 1 aromatic rings. The number of aromatic nitrogens is 2. The minimum absolute atomic E-state index is 1.23. The molecule has 0 saturated heterocycles. The van der Waals surface area contributed by atoms with Crippen LogP contribution in [-0.2, 0) is 19.5 Å². The highest BCUT2D eigenvalue weighted by Crippen LogP contribution is 2.15. The maximum absolute atomic E-state index is 2.62. The van der Waals surface area contributed by atoms with Gasteiger partial charge in [0.1, 0.15) is 12.4 Å². The average molecular weight is 588 g/mol. The summed E-state index contributed by atoms with van der Waals surface area (Å²) in [7, 11) is 0. The van der Waals surface area contributed by atoms with Crippen LogP contribution in [0, 0.1) is 0 Å². The quantitative estimate of drug-likeness (QED) is 0.0560. The van der Waals surface area contributed by atoms with Gasteiger partial charge in [-0.2, -0.15) is 0 Å². The first-order chi connectivity index (χ1) is 20.8. The second-order valence-electron chi connectivity index (χ2n) is 13.8. The van der Waals surface area contributed by atoms with Crippen molar-refractivity contribution < 1.29 is 4.57 Å². The topological polar surface area (TPSA) is 8.81 Å². The third kappa shape index (κ3) is 23.6. The SMILES string of the molecule is CCCCCCCCCCCCCCCCC[n+]1ccn(CCCCCCCCCCCCCC)c1CCCCCC. The molecule has 0 aliphatic heterocycles. The minimum atomic E-state index is 1.23. The van der Waals surface area contributed by atoms with Gasteiger partial charge in [0.25, 0.3) is 5.82 Å². The van der Waals surface area contributed by atoms with E-state index in [1.807, 2.05) is 0 Å². The Balaban J connectivity index is 2.15. The molecule has 2 nitrogen and oxygen atoms in total. The molecule has 0 saturated carbocycles. The summed E-state index contributed by atoms with van der Waals surface area (Å²) in [6.07, 6.45) is 50.4. The van der Waals surface area contributed by atoms with Gasteiger partial charge in [0, 0.05) is 6.42 Å². The second kappa shape index (κ2) is 31.6. The molecule has 2 heteroatoms. The van der Waals surface area contributed by atoms with Crippen LogP contribution in [0.5, 0.6) is 0 Å². The van der Waals surface area contributed by atoms with Gasteiger partial charge in [-0.05, 0) is 32.1 Å². The van der Waals surface area contributed by atoms with Crippen molar-refractivity contribution in [3.63, 3.8) is 0 Å². The number of nitrogens with zero attached hydrogens (tertiary/aromatic N) is 2. The molecular weight excluding hydrogens is 508 g/mol. The fraction of sp³-hybridized carbons (Fsp3) is 0.925. The van der Waals surface area contributed by atoms with Crippen molar-refractivity contribution in [3.8, 4) is 0 Å². The van der Waals surface area contributed by atoms with Crippen molar-refractivity contribution in [2.45, 2.75) is 239 Å². The molecule has 0 atom stereocenters. The first-order valence-corrected chi connectivity index (χ1v) is 19.9. The van der Waals surface area contributed by atoms with Gasteiger partial charge in [0.2, 0.25) is 0 Å². The summed E-state index contributed by atoms with van der Waals surface area (Å²) >= 11 is 0. The molecule has 0 amide bonds. The number of aryl methyl sites for hydroxylation is 2. The van der Waals surface area contributed by atoms with Crippen molar-refractivity contribution in [1.82, 2.24) is 4.57 Å². The van der Waals surface area contributed by atoms with Crippen molar-refractivity contribution in [2.24, 2.45) is 0 Å². The van der Waals surface area contributed by atoms with Crippen LogP contribution in [0.4, 0.5) is 0 Å². The lowest BCUT2D eigenvalue weighted by Crippen LogP contribution is -2.37. The van der Waals surface area contributed by atoms with Gasteiger partial charge in [0.05, 0.1) is 13.1 Å². The smallest absolute Gasteiger partial charge is 0.234 e. The molecule has 1 aromatic heterocycles. The van der Waals surface area contributed by atoms with E-state index in [1.54, 1.807) is 5.82 Å². The summed E-state index contributed by atoms with van der Waals surface area (Å²) in [5.74, 6) is 1.61. The molecule has 0 radical (unpaired) electrons. The molecule has 0 fully saturated rings. The molecular formula is C40H79N2+. The number of hydrogen-bond donors (Lipinski definition) is 0. The predicted molar refractivity (Wildman–Crippen MR) is 188 cm³/mol. The monoisotopic (exact) mass is 588 g/mol. The Bertz CT molecular complexity index is 648. The molecule has 0 spiro atoms. The van der Waals surface area contributed by atoms with Crippen LogP contribution >= 0.6 is 0 Å². The molecule has 0 aliphatic carbocycles. The minimum Gasteiger partial charge on any atom is -0.234 e. The fourth-order valence-corrected chi connectivity index (χ4v) is 6.68. The third-order valence-corrected chi connectivity index (χ3v) is 9.60. The zero-order valence-electron chi connectivity index (χ0n) is 29.6. The van der Waals surface area contributed by atoms with E-state index >= 15 is 0 Å². The Morgan fingerprint density at radius 3 is 1.14 bits per heavy atom. The van der Waals surface area contributed by atoms with E-state index in [9.17, 15) is 0 Å². The maximum atomic E-state index is 2.62. The van der Waals surface area contributed by atoms with Crippen LogP contribution in [0.1, 0.15) is 226 Å². The van der Waals surface area contributed by atoms with E-state index in [0.29, 0.717) is 0 Å². The molecule has 248 valence electrons. The lowest BCUT2D eigenvalue weighted by Gasteiger charge is -2.07. The standard InChI is InChI=1S/C40H79N2/c1-4-7-10-13-15-17-19-21-22-23-25-27-29-31-34-37-42-39-38-41(40(42)35-32-12-9-6-3)36-33-30-28-26-24-20-18-16-14-11-8-5-2/h38-39H,4-37H2,1-3H3/q+1. The van der Waals surface area contributed by atoms with E-state index in [1.165, 1.54) is 219 Å². The van der Waals surface area contributed by atoms with Crippen molar-refractivity contribution >= 4 is 0 Å². The van der Waals surface area contributed by atoms with Gasteiger partial charge < -0.3 is 0 Å². The average Bonchev–Trinajstić information content (AvgIpc) is 3.38. The first kappa shape index (κ1) is 39.2. The van der Waals surface area contributed by atoms with Crippen molar-refractivity contribution in [3.05, 3.63) is 18.2 Å². The van der Waals surface area contributed by atoms with Gasteiger partial charge >= 0.3 is 0 Å². The van der Waals surface area contributed by atoms with Crippen LogP contribution < -0.4 is 4.57 Å². The molecule has 0 N–H and O–H groups in total. The first-order valence-electron chi connectivity index (χ1n) is 19.9. The summed E-state index contributed by atoms with van der Waals surface area (Å²) in [5.41, 5.74) is 0. The molecule has 0 bridgehead atoms. The van der Waals surface area contributed by atoms with E-state index in [-0.39, 0.29) is 0 Å². The number of rotatable bonds is 34. The Morgan fingerprint density at radius 1 is 0.405 bits per heavy atom. The number of hydrogen-bond acceptors (Lipinski definition) is 0. The van der Waals surface area contributed by atoms with Crippen LogP contribution in [-0.4, -0.2) is 4.57 Å². The number of imidazole rings is 1. The van der Waals surface area contributed by atoms with Gasteiger partial charge in [-0.1, -0.05) is 188 Å².